The van der Waals surface area contributed by atoms with Crippen LogP contribution in [0.1, 0.15) is 76.3 Å². The van der Waals surface area contributed by atoms with Gasteiger partial charge in [-0.05, 0) is 85.9 Å². The molecule has 0 amide bonds. The predicted octanol–water partition coefficient (Wildman–Crippen LogP) is 9.23. The highest BCUT2D eigenvalue weighted by molar-refractivity contribution is 6.88. The van der Waals surface area contributed by atoms with Crippen molar-refractivity contribution < 1.29 is 9.90 Å². The quantitative estimate of drug-likeness (QED) is 0.337. The maximum atomic E-state index is 12.7. The summed E-state index contributed by atoms with van der Waals surface area (Å²) in [5, 5.41) is 13.5. The predicted molar refractivity (Wildman–Crippen MR) is 183 cm³/mol. The van der Waals surface area contributed by atoms with Gasteiger partial charge in [0.1, 0.15) is 0 Å². The van der Waals surface area contributed by atoms with Crippen LogP contribution in [-0.2, 0) is 16.9 Å². The molecule has 42 heavy (non-hydrogen) atoms. The van der Waals surface area contributed by atoms with Crippen LogP contribution in [0.25, 0.3) is 0 Å². The molecular weight excluding hydrogens is 545 g/mol. The van der Waals surface area contributed by atoms with Gasteiger partial charge in [0.25, 0.3) is 0 Å². The molecule has 2 fully saturated rings. The highest BCUT2D eigenvalue weighted by Crippen LogP contribution is 2.48. The minimum Gasteiger partial charge on any atom is -0.389 e. The molecule has 2 nitrogen and oxygen atoms in total. The van der Waals surface area contributed by atoms with Crippen LogP contribution in [0, 0.1) is 23.7 Å². The third-order valence-corrected chi connectivity index (χ3v) is 17.7. The maximum absolute atomic E-state index is 12.7. The van der Waals surface area contributed by atoms with Crippen molar-refractivity contribution in [2.75, 3.05) is 0 Å². The zero-order chi connectivity index (χ0) is 30.1. The molecule has 0 aliphatic heterocycles. The number of aliphatic hydroxyl groups excluding tert-OH is 1. The summed E-state index contributed by atoms with van der Waals surface area (Å²) >= 11 is 0. The fourth-order valence-electron chi connectivity index (χ4n) is 9.18. The number of benzene rings is 2. The van der Waals surface area contributed by atoms with Crippen LogP contribution in [0.2, 0.25) is 26.2 Å². The Morgan fingerprint density at radius 2 is 1.21 bits per heavy atom. The van der Waals surface area contributed by atoms with E-state index in [1.807, 2.05) is 0 Å². The number of Topliss-reactive ketones (excluding diaryl/α,β-unsaturated/α-hetero) is 1. The van der Waals surface area contributed by atoms with E-state index in [9.17, 15) is 9.90 Å². The summed E-state index contributed by atoms with van der Waals surface area (Å²) in [5.41, 5.74) is 6.05. The standard InChI is InChI=1S/C19H28OSi.C19H26OSi/c2*1-14-8-7-11-16-17(14)12-18(20)19(16)21(2,3)13-15-9-5-4-6-10-15/h4-6,9-10,14,17-18,20H,7-8,11-13H2,1-3H3;4-6,9-10,14,17H,7-8,11-13H2,1-3H3/t14-,17+,18+;14-,17+/m11/s1. The molecule has 0 aromatic heterocycles. The van der Waals surface area contributed by atoms with Crippen molar-refractivity contribution in [1.29, 1.82) is 0 Å². The summed E-state index contributed by atoms with van der Waals surface area (Å²) in [5.74, 6) is 3.20. The third-order valence-electron chi connectivity index (χ3n) is 11.0. The van der Waals surface area contributed by atoms with E-state index in [4.69, 9.17) is 0 Å². The highest BCUT2D eigenvalue weighted by Gasteiger charge is 2.44. The van der Waals surface area contributed by atoms with Gasteiger partial charge in [0.15, 0.2) is 5.78 Å². The average Bonchev–Trinajstić information content (AvgIpc) is 3.48. The highest BCUT2D eigenvalue weighted by atomic mass is 28.3. The molecule has 226 valence electrons. The second kappa shape index (κ2) is 12.9. The summed E-state index contributed by atoms with van der Waals surface area (Å²) in [6.45, 7) is 14.4. The molecule has 5 atom stereocenters. The molecule has 0 spiro atoms. The van der Waals surface area contributed by atoms with E-state index in [1.54, 1.807) is 11.1 Å². The first-order valence-corrected chi connectivity index (χ1v) is 23.2. The Morgan fingerprint density at radius 3 is 1.79 bits per heavy atom. The van der Waals surface area contributed by atoms with Crippen LogP contribution < -0.4 is 0 Å². The van der Waals surface area contributed by atoms with Crippen LogP contribution in [0.3, 0.4) is 0 Å². The number of aliphatic hydroxyl groups is 1. The molecular formula is C38H54O2Si2. The minimum atomic E-state index is -1.68. The lowest BCUT2D eigenvalue weighted by molar-refractivity contribution is -0.115. The number of ketones is 1. The molecule has 4 aliphatic carbocycles. The van der Waals surface area contributed by atoms with Gasteiger partial charge in [-0.15, -0.1) is 0 Å². The van der Waals surface area contributed by atoms with Gasteiger partial charge in [0.2, 0.25) is 0 Å². The van der Waals surface area contributed by atoms with Crippen LogP contribution in [0.5, 0.6) is 0 Å². The zero-order valence-electron chi connectivity index (χ0n) is 27.1. The second-order valence-electron chi connectivity index (χ2n) is 15.3. The minimum absolute atomic E-state index is 0.157. The first-order valence-electron chi connectivity index (χ1n) is 16.7. The van der Waals surface area contributed by atoms with Gasteiger partial charge in [-0.25, -0.2) is 0 Å². The van der Waals surface area contributed by atoms with Gasteiger partial charge in [-0.2, -0.15) is 0 Å². The van der Waals surface area contributed by atoms with Crippen LogP contribution >= 0.6 is 0 Å². The Morgan fingerprint density at radius 1 is 0.714 bits per heavy atom. The molecule has 0 radical (unpaired) electrons. The normalized spacial score (nSPS) is 27.9. The molecule has 4 aliphatic rings. The first-order chi connectivity index (χ1) is 20.0. The number of carbonyl (C=O) groups is 1. The van der Waals surface area contributed by atoms with E-state index in [1.165, 1.54) is 60.0 Å². The average molecular weight is 599 g/mol. The largest absolute Gasteiger partial charge is 0.389 e. The van der Waals surface area contributed by atoms with E-state index >= 15 is 0 Å². The van der Waals surface area contributed by atoms with E-state index in [0.29, 0.717) is 23.5 Å². The monoisotopic (exact) mass is 598 g/mol. The first kappa shape index (κ1) is 31.4. The molecule has 0 unspecified atom stereocenters. The Balaban J connectivity index is 0.000000168. The number of rotatable bonds is 6. The molecule has 4 heteroatoms. The molecule has 0 bridgehead atoms. The summed E-state index contributed by atoms with van der Waals surface area (Å²) in [4.78, 5) is 12.7. The molecule has 2 saturated carbocycles. The number of allylic oxidation sites excluding steroid dienone is 3. The topological polar surface area (TPSA) is 37.3 Å². The Labute approximate surface area is 257 Å². The lowest BCUT2D eigenvalue weighted by Crippen LogP contribution is -2.37. The number of hydrogen-bond donors (Lipinski definition) is 1. The van der Waals surface area contributed by atoms with Gasteiger partial charge in [-0.3, -0.25) is 4.79 Å². The van der Waals surface area contributed by atoms with Gasteiger partial charge < -0.3 is 5.11 Å². The molecule has 0 heterocycles. The summed E-state index contributed by atoms with van der Waals surface area (Å²) in [6.07, 6.45) is 9.31. The van der Waals surface area contributed by atoms with Crippen LogP contribution in [-0.4, -0.2) is 33.1 Å². The lowest BCUT2D eigenvalue weighted by atomic mass is 9.78. The van der Waals surface area contributed by atoms with Crippen molar-refractivity contribution >= 4 is 21.9 Å². The smallest absolute Gasteiger partial charge is 0.155 e. The number of carbonyl (C=O) groups excluding carboxylic acids is 1. The Kier molecular flexibility index (Phi) is 9.66. The number of fused-ring (bicyclic) bond motifs is 2. The number of hydrogen-bond acceptors (Lipinski definition) is 2. The van der Waals surface area contributed by atoms with Crippen molar-refractivity contribution in [3.63, 3.8) is 0 Å². The van der Waals surface area contributed by atoms with Crippen molar-refractivity contribution in [2.24, 2.45) is 23.7 Å². The second-order valence-corrected chi connectivity index (χ2v) is 24.5. The summed E-state index contributed by atoms with van der Waals surface area (Å²) in [7, 11) is -3.26. The van der Waals surface area contributed by atoms with Gasteiger partial charge in [0.05, 0.1) is 22.3 Å². The van der Waals surface area contributed by atoms with Crippen molar-refractivity contribution in [3.8, 4) is 0 Å². The molecule has 2 aromatic carbocycles. The van der Waals surface area contributed by atoms with E-state index in [0.717, 1.165) is 30.8 Å². The van der Waals surface area contributed by atoms with Crippen molar-refractivity contribution in [2.45, 2.75) is 110 Å². The van der Waals surface area contributed by atoms with Crippen molar-refractivity contribution in [3.05, 3.63) is 93.3 Å². The van der Waals surface area contributed by atoms with Crippen LogP contribution in [0.4, 0.5) is 0 Å². The van der Waals surface area contributed by atoms with Gasteiger partial charge >= 0.3 is 0 Å². The maximum Gasteiger partial charge on any atom is 0.155 e. The fraction of sp³-hybridized carbons (Fsp3) is 0.553. The Bertz CT molecular complexity index is 1310. The Hall–Kier alpha value is -2.02. The summed E-state index contributed by atoms with van der Waals surface area (Å²) in [6, 6.07) is 23.8. The fourth-order valence-corrected chi connectivity index (χ4v) is 16.3. The van der Waals surface area contributed by atoms with Gasteiger partial charge in [-0.1, -0.05) is 128 Å². The van der Waals surface area contributed by atoms with E-state index in [-0.39, 0.29) is 6.10 Å². The summed E-state index contributed by atoms with van der Waals surface area (Å²) < 4.78 is 0. The van der Waals surface area contributed by atoms with Crippen molar-refractivity contribution in [1.82, 2.24) is 0 Å². The molecule has 1 N–H and O–H groups in total. The zero-order valence-corrected chi connectivity index (χ0v) is 29.1. The van der Waals surface area contributed by atoms with Crippen LogP contribution in [0.15, 0.2) is 82.2 Å². The van der Waals surface area contributed by atoms with Gasteiger partial charge in [0, 0.05) is 6.42 Å². The SMILES string of the molecule is C[C@@H]1CCCC2=C([Si](C)(C)Cc3ccccc3)C(=O)C[C@H]21.C[C@@H]1CCCC2=C([Si](C)(C)Cc3ccccc3)[C@@H](O)C[C@H]21. The lowest BCUT2D eigenvalue weighted by Gasteiger charge is -2.31. The van der Waals surface area contributed by atoms with E-state index < -0.39 is 16.1 Å². The molecule has 0 saturated heterocycles. The third kappa shape index (κ3) is 6.71. The molecule has 2 aromatic rings. The van der Waals surface area contributed by atoms with E-state index in [2.05, 4.69) is 101 Å². The molecule has 6 rings (SSSR count).